The molecule has 1 aromatic carbocycles. The van der Waals surface area contributed by atoms with Gasteiger partial charge in [-0.25, -0.2) is 4.98 Å². The van der Waals surface area contributed by atoms with Gasteiger partial charge in [-0.05, 0) is 39.7 Å². The SMILES string of the molecule is FC(F)(F)c1ccc(-c2cnc(Br)cc2Br)cc1. The van der Waals surface area contributed by atoms with Crippen LogP contribution in [0.5, 0.6) is 0 Å². The van der Waals surface area contributed by atoms with Crippen LogP contribution in [0.2, 0.25) is 0 Å². The highest BCUT2D eigenvalue weighted by molar-refractivity contribution is 9.11. The van der Waals surface area contributed by atoms with Crippen LogP contribution < -0.4 is 0 Å². The first kappa shape index (κ1) is 13.5. The zero-order valence-electron chi connectivity index (χ0n) is 8.80. The molecule has 0 aliphatic rings. The number of hydrogen-bond acceptors (Lipinski definition) is 1. The molecule has 1 nitrogen and oxygen atoms in total. The Morgan fingerprint density at radius 1 is 1.00 bits per heavy atom. The van der Waals surface area contributed by atoms with E-state index in [0.29, 0.717) is 10.2 Å². The molecular formula is C12H6Br2F3N. The number of nitrogens with zero attached hydrogens (tertiary/aromatic N) is 1. The lowest BCUT2D eigenvalue weighted by Crippen LogP contribution is -2.04. The molecule has 18 heavy (non-hydrogen) atoms. The third-order valence-electron chi connectivity index (χ3n) is 2.34. The van der Waals surface area contributed by atoms with Gasteiger partial charge in [0.25, 0.3) is 0 Å². The van der Waals surface area contributed by atoms with Crippen LogP contribution in [0, 0.1) is 0 Å². The number of pyridine rings is 1. The number of aromatic nitrogens is 1. The van der Waals surface area contributed by atoms with Crippen LogP contribution in [0.15, 0.2) is 45.6 Å². The van der Waals surface area contributed by atoms with Crippen molar-refractivity contribution in [3.8, 4) is 11.1 Å². The summed E-state index contributed by atoms with van der Waals surface area (Å²) in [5.74, 6) is 0. The Morgan fingerprint density at radius 2 is 1.61 bits per heavy atom. The molecule has 6 heteroatoms. The number of alkyl halides is 3. The van der Waals surface area contributed by atoms with Gasteiger partial charge in [-0.1, -0.05) is 28.1 Å². The zero-order valence-corrected chi connectivity index (χ0v) is 12.0. The maximum absolute atomic E-state index is 12.4. The second-order valence-corrected chi connectivity index (χ2v) is 5.23. The van der Waals surface area contributed by atoms with Crippen molar-refractivity contribution in [2.24, 2.45) is 0 Å². The fourth-order valence-electron chi connectivity index (χ4n) is 1.46. The molecule has 1 heterocycles. The Hall–Kier alpha value is -0.880. The van der Waals surface area contributed by atoms with E-state index in [1.165, 1.54) is 12.1 Å². The molecule has 0 saturated carbocycles. The first-order valence-electron chi connectivity index (χ1n) is 4.86. The Morgan fingerprint density at radius 3 is 2.11 bits per heavy atom. The highest BCUT2D eigenvalue weighted by Crippen LogP contribution is 2.33. The number of halogens is 5. The predicted octanol–water partition coefficient (Wildman–Crippen LogP) is 5.29. The topological polar surface area (TPSA) is 12.9 Å². The van der Waals surface area contributed by atoms with Gasteiger partial charge in [-0.15, -0.1) is 0 Å². The summed E-state index contributed by atoms with van der Waals surface area (Å²) in [4.78, 5) is 4.05. The summed E-state index contributed by atoms with van der Waals surface area (Å²) in [5.41, 5.74) is 0.759. The fourth-order valence-corrected chi connectivity index (χ4v) is 2.65. The van der Waals surface area contributed by atoms with Crippen LogP contribution >= 0.6 is 31.9 Å². The zero-order chi connectivity index (χ0) is 13.3. The van der Waals surface area contributed by atoms with Crippen LogP contribution in [0.4, 0.5) is 13.2 Å². The molecule has 0 bridgehead atoms. The van der Waals surface area contributed by atoms with Crippen molar-refractivity contribution in [3.63, 3.8) is 0 Å². The van der Waals surface area contributed by atoms with Crippen LogP contribution in [-0.2, 0) is 6.18 Å². The lowest BCUT2D eigenvalue weighted by molar-refractivity contribution is -0.137. The van der Waals surface area contributed by atoms with E-state index in [2.05, 4.69) is 36.8 Å². The monoisotopic (exact) mass is 379 g/mol. The smallest absolute Gasteiger partial charge is 0.249 e. The second-order valence-electron chi connectivity index (χ2n) is 3.56. The van der Waals surface area contributed by atoms with E-state index in [1.807, 2.05) is 0 Å². The first-order valence-corrected chi connectivity index (χ1v) is 6.45. The van der Waals surface area contributed by atoms with Crippen molar-refractivity contribution < 1.29 is 13.2 Å². The van der Waals surface area contributed by atoms with Crippen molar-refractivity contribution in [3.05, 3.63) is 51.2 Å². The molecule has 94 valence electrons. The summed E-state index contributed by atoms with van der Waals surface area (Å²) in [6.07, 6.45) is -2.72. The van der Waals surface area contributed by atoms with E-state index in [-0.39, 0.29) is 0 Å². The van der Waals surface area contributed by atoms with Gasteiger partial charge in [0.1, 0.15) is 4.60 Å². The Kier molecular flexibility index (Phi) is 3.77. The summed E-state index contributed by atoms with van der Waals surface area (Å²) >= 11 is 6.57. The van der Waals surface area contributed by atoms with Crippen LogP contribution in [0.25, 0.3) is 11.1 Å². The highest BCUT2D eigenvalue weighted by atomic mass is 79.9. The minimum absolute atomic E-state index is 0.657. The van der Waals surface area contributed by atoms with E-state index in [4.69, 9.17) is 0 Å². The summed E-state index contributed by atoms with van der Waals surface area (Å²) in [7, 11) is 0. The van der Waals surface area contributed by atoms with Gasteiger partial charge in [0.15, 0.2) is 0 Å². The molecule has 0 spiro atoms. The minimum atomic E-state index is -4.31. The normalized spacial score (nSPS) is 11.6. The second kappa shape index (κ2) is 5.01. The molecular weight excluding hydrogens is 375 g/mol. The molecule has 2 rings (SSSR count). The van der Waals surface area contributed by atoms with Gasteiger partial charge in [0, 0.05) is 16.2 Å². The molecule has 0 atom stereocenters. The van der Waals surface area contributed by atoms with Crippen LogP contribution in [0.1, 0.15) is 5.56 Å². The lowest BCUT2D eigenvalue weighted by Gasteiger charge is -2.08. The molecule has 1 aromatic heterocycles. The summed E-state index contributed by atoms with van der Waals surface area (Å²) in [6, 6.07) is 6.72. The van der Waals surface area contributed by atoms with Gasteiger partial charge < -0.3 is 0 Å². The fraction of sp³-hybridized carbons (Fsp3) is 0.0833. The lowest BCUT2D eigenvalue weighted by atomic mass is 10.1. The molecule has 0 radical (unpaired) electrons. The number of rotatable bonds is 1. The predicted molar refractivity (Wildman–Crippen MR) is 70.1 cm³/mol. The minimum Gasteiger partial charge on any atom is -0.249 e. The standard InChI is InChI=1S/C12H6Br2F3N/c13-10-5-11(14)18-6-9(10)7-1-3-8(4-2-7)12(15,16)17/h1-6H. The van der Waals surface area contributed by atoms with E-state index < -0.39 is 11.7 Å². The average Bonchev–Trinajstić information content (AvgIpc) is 2.28. The van der Waals surface area contributed by atoms with E-state index in [0.717, 1.165) is 22.2 Å². The van der Waals surface area contributed by atoms with Gasteiger partial charge in [-0.2, -0.15) is 13.2 Å². The molecule has 0 N–H and O–H groups in total. The Balaban J connectivity index is 2.41. The highest BCUT2D eigenvalue weighted by Gasteiger charge is 2.30. The Bertz CT molecular complexity index is 565. The maximum Gasteiger partial charge on any atom is 0.416 e. The molecule has 0 fully saturated rings. The van der Waals surface area contributed by atoms with Crippen molar-refractivity contribution >= 4 is 31.9 Å². The van der Waals surface area contributed by atoms with E-state index in [1.54, 1.807) is 12.3 Å². The van der Waals surface area contributed by atoms with Crippen LogP contribution in [-0.4, -0.2) is 4.98 Å². The van der Waals surface area contributed by atoms with Gasteiger partial charge in [0.05, 0.1) is 5.56 Å². The number of hydrogen-bond donors (Lipinski definition) is 0. The van der Waals surface area contributed by atoms with Gasteiger partial charge in [-0.3, -0.25) is 0 Å². The van der Waals surface area contributed by atoms with Gasteiger partial charge in [0.2, 0.25) is 0 Å². The van der Waals surface area contributed by atoms with E-state index >= 15 is 0 Å². The quantitative estimate of drug-likeness (QED) is 0.612. The van der Waals surface area contributed by atoms with E-state index in [9.17, 15) is 13.2 Å². The van der Waals surface area contributed by atoms with Crippen LogP contribution in [0.3, 0.4) is 0 Å². The molecule has 0 unspecified atom stereocenters. The molecule has 0 saturated heterocycles. The molecule has 0 aliphatic heterocycles. The molecule has 0 amide bonds. The third kappa shape index (κ3) is 2.92. The largest absolute Gasteiger partial charge is 0.416 e. The van der Waals surface area contributed by atoms with Crippen molar-refractivity contribution in [2.45, 2.75) is 6.18 Å². The summed E-state index contributed by atoms with van der Waals surface area (Å²) < 4.78 is 38.7. The van der Waals surface area contributed by atoms with Crippen molar-refractivity contribution in [1.82, 2.24) is 4.98 Å². The molecule has 0 aliphatic carbocycles. The summed E-state index contributed by atoms with van der Waals surface area (Å²) in [6.45, 7) is 0. The number of benzene rings is 1. The Labute approximate surface area is 118 Å². The maximum atomic E-state index is 12.4. The van der Waals surface area contributed by atoms with Crippen molar-refractivity contribution in [1.29, 1.82) is 0 Å². The third-order valence-corrected chi connectivity index (χ3v) is 3.43. The average molecular weight is 381 g/mol. The summed E-state index contributed by atoms with van der Waals surface area (Å²) in [5, 5.41) is 0. The van der Waals surface area contributed by atoms with Crippen molar-refractivity contribution in [2.75, 3.05) is 0 Å². The van der Waals surface area contributed by atoms with Gasteiger partial charge >= 0.3 is 6.18 Å². The first-order chi connectivity index (χ1) is 8.38. The molecule has 2 aromatic rings.